The lowest BCUT2D eigenvalue weighted by Gasteiger charge is -2.23. The van der Waals surface area contributed by atoms with E-state index < -0.39 is 15.9 Å². The predicted octanol–water partition coefficient (Wildman–Crippen LogP) is 0.799. The zero-order valence-corrected chi connectivity index (χ0v) is 12.0. The Hall–Kier alpha value is -2.26. The number of hydrogen-bond acceptors (Lipinski definition) is 6. The first-order chi connectivity index (χ1) is 9.90. The summed E-state index contributed by atoms with van der Waals surface area (Å²) in [7, 11) is 0. The molecule has 0 aromatic heterocycles. The topological polar surface area (TPSA) is 110 Å². The van der Waals surface area contributed by atoms with Crippen LogP contribution in [-0.4, -0.2) is 26.7 Å². The van der Waals surface area contributed by atoms with Crippen molar-refractivity contribution in [3.63, 3.8) is 0 Å². The summed E-state index contributed by atoms with van der Waals surface area (Å²) in [6.07, 6.45) is 2.94. The van der Waals surface area contributed by atoms with E-state index in [-0.39, 0.29) is 22.3 Å². The molecular formula is C12H8BrN3O5. The van der Waals surface area contributed by atoms with E-state index in [0.29, 0.717) is 16.0 Å². The molecule has 1 aromatic carbocycles. The highest BCUT2D eigenvalue weighted by atomic mass is 79.9. The van der Waals surface area contributed by atoms with Crippen molar-refractivity contribution in [3.8, 4) is 0 Å². The van der Waals surface area contributed by atoms with Crippen LogP contribution in [0.4, 0.5) is 5.69 Å². The maximum absolute atomic E-state index is 11.3. The third kappa shape index (κ3) is 2.01. The van der Waals surface area contributed by atoms with Gasteiger partial charge in [0.25, 0.3) is 11.7 Å². The van der Waals surface area contributed by atoms with Gasteiger partial charge in [-0.1, -0.05) is 0 Å². The highest BCUT2D eigenvalue weighted by Gasteiger charge is 2.38. The normalized spacial score (nSPS) is 19.5. The molecule has 9 heteroatoms. The van der Waals surface area contributed by atoms with E-state index in [2.05, 4.69) is 15.9 Å². The van der Waals surface area contributed by atoms with E-state index in [4.69, 9.17) is 0 Å². The Bertz CT molecular complexity index is 832. The summed E-state index contributed by atoms with van der Waals surface area (Å²) in [5, 5.41) is 34.1. The number of hydroxylamine groups is 2. The summed E-state index contributed by atoms with van der Waals surface area (Å²) in [4.78, 5) is 21.3. The molecule has 1 atom stereocenters. The fourth-order valence-electron chi connectivity index (χ4n) is 2.69. The van der Waals surface area contributed by atoms with Crippen LogP contribution < -0.4 is 10.4 Å². The van der Waals surface area contributed by atoms with Crippen LogP contribution in [0.15, 0.2) is 22.7 Å². The monoisotopic (exact) mass is 353 g/mol. The quantitative estimate of drug-likeness (QED) is 0.621. The van der Waals surface area contributed by atoms with E-state index in [1.807, 2.05) is 0 Å². The number of benzene rings is 1. The van der Waals surface area contributed by atoms with Crippen molar-refractivity contribution in [1.29, 1.82) is 0 Å². The lowest BCUT2D eigenvalue weighted by atomic mass is 9.91. The molecule has 1 heterocycles. The van der Waals surface area contributed by atoms with Crippen molar-refractivity contribution in [3.05, 3.63) is 58.9 Å². The van der Waals surface area contributed by atoms with E-state index in [1.165, 1.54) is 18.3 Å². The van der Waals surface area contributed by atoms with Gasteiger partial charge in [-0.05, 0) is 33.6 Å². The molecule has 1 aliphatic carbocycles. The SMILES string of the molecule is O=[N+]([O-])c1ccc2c3c1C([N+](=O)[O-])C(Br)=CC=3CN(O)C=2. The lowest BCUT2D eigenvalue weighted by Crippen LogP contribution is -2.43. The van der Waals surface area contributed by atoms with Gasteiger partial charge in [-0.15, -0.1) is 0 Å². The minimum atomic E-state index is -1.32. The lowest BCUT2D eigenvalue weighted by molar-refractivity contribution is -0.518. The van der Waals surface area contributed by atoms with Crippen LogP contribution in [0.5, 0.6) is 0 Å². The fourth-order valence-corrected chi connectivity index (χ4v) is 3.37. The van der Waals surface area contributed by atoms with Crippen molar-refractivity contribution in [2.45, 2.75) is 6.04 Å². The molecule has 108 valence electrons. The van der Waals surface area contributed by atoms with Crippen molar-refractivity contribution >= 4 is 33.4 Å². The predicted molar refractivity (Wildman–Crippen MR) is 75.5 cm³/mol. The van der Waals surface area contributed by atoms with Crippen LogP contribution in [0.25, 0.3) is 11.8 Å². The smallest absolute Gasteiger partial charge is 0.280 e. The maximum Gasteiger partial charge on any atom is 0.280 e. The first-order valence-corrected chi connectivity index (χ1v) is 6.68. The number of hydrogen-bond donors (Lipinski definition) is 1. The molecule has 21 heavy (non-hydrogen) atoms. The van der Waals surface area contributed by atoms with Gasteiger partial charge in [0.05, 0.1) is 16.0 Å². The fraction of sp³-hybridized carbons (Fsp3) is 0.167. The number of nitro groups is 2. The molecule has 0 radical (unpaired) electrons. The standard InChI is InChI=1S/C12H8BrN3O5/c13-8-3-7-5-14(17)4-6-1-2-9(15(18)19)11(10(6)7)12(8)16(20)21/h1-4,12,17H,5H2. The Labute approximate surface area is 125 Å². The molecule has 0 saturated heterocycles. The second kappa shape index (κ2) is 4.64. The van der Waals surface area contributed by atoms with Crippen molar-refractivity contribution in [2.75, 3.05) is 6.54 Å². The second-order valence-corrected chi connectivity index (χ2v) is 5.60. The summed E-state index contributed by atoms with van der Waals surface area (Å²) >= 11 is 3.12. The summed E-state index contributed by atoms with van der Waals surface area (Å²) in [5.74, 6) is 0. The molecule has 0 amide bonds. The van der Waals surface area contributed by atoms with E-state index >= 15 is 0 Å². The maximum atomic E-state index is 11.3. The molecule has 1 aliphatic heterocycles. The Morgan fingerprint density at radius 3 is 2.67 bits per heavy atom. The van der Waals surface area contributed by atoms with Gasteiger partial charge in [-0.25, -0.2) is 0 Å². The van der Waals surface area contributed by atoms with E-state index in [1.54, 1.807) is 6.08 Å². The van der Waals surface area contributed by atoms with Gasteiger partial charge in [0, 0.05) is 27.6 Å². The number of halogens is 1. The van der Waals surface area contributed by atoms with Gasteiger partial charge >= 0.3 is 0 Å². The molecule has 0 saturated carbocycles. The van der Waals surface area contributed by atoms with Crippen LogP contribution in [0, 0.1) is 20.2 Å². The summed E-state index contributed by atoms with van der Waals surface area (Å²) in [6.45, 7) is 0.112. The van der Waals surface area contributed by atoms with Crippen LogP contribution in [0.2, 0.25) is 0 Å². The van der Waals surface area contributed by atoms with Crippen LogP contribution >= 0.6 is 15.9 Å². The molecule has 0 fully saturated rings. The van der Waals surface area contributed by atoms with Gasteiger partial charge in [-0.2, -0.15) is 0 Å². The summed E-state index contributed by atoms with van der Waals surface area (Å²) in [5.41, 5.74) is 0.354. The summed E-state index contributed by atoms with van der Waals surface area (Å²) in [6, 6.07) is 1.38. The second-order valence-electron chi connectivity index (χ2n) is 4.69. The zero-order valence-electron chi connectivity index (χ0n) is 10.4. The first kappa shape index (κ1) is 13.7. The minimum absolute atomic E-state index is 0.0521. The van der Waals surface area contributed by atoms with Crippen molar-refractivity contribution in [1.82, 2.24) is 5.06 Å². The third-order valence-electron chi connectivity index (χ3n) is 3.45. The highest BCUT2D eigenvalue weighted by Crippen LogP contribution is 2.36. The Morgan fingerprint density at radius 2 is 2.05 bits per heavy atom. The van der Waals surface area contributed by atoms with Gasteiger partial charge < -0.3 is 0 Å². The Balaban J connectivity index is 2.49. The van der Waals surface area contributed by atoms with Gasteiger partial charge in [0.1, 0.15) is 5.56 Å². The molecule has 1 unspecified atom stereocenters. The molecule has 1 N–H and O–H groups in total. The van der Waals surface area contributed by atoms with Crippen LogP contribution in [-0.2, 0) is 0 Å². The molecular weight excluding hydrogens is 346 g/mol. The molecule has 0 bridgehead atoms. The number of rotatable bonds is 2. The van der Waals surface area contributed by atoms with Crippen LogP contribution in [0.1, 0.15) is 11.6 Å². The van der Waals surface area contributed by atoms with Crippen LogP contribution in [0.3, 0.4) is 0 Å². The Kier molecular flexibility index (Phi) is 3.03. The average molecular weight is 354 g/mol. The summed E-state index contributed by atoms with van der Waals surface area (Å²) < 4.78 is 0.227. The average Bonchev–Trinajstić information content (AvgIpc) is 2.36. The molecule has 3 rings (SSSR count). The Morgan fingerprint density at radius 1 is 1.33 bits per heavy atom. The van der Waals surface area contributed by atoms with Gasteiger partial charge in [-0.3, -0.25) is 30.5 Å². The van der Waals surface area contributed by atoms with Crippen molar-refractivity contribution < 1.29 is 15.1 Å². The molecule has 1 aromatic rings. The largest absolute Gasteiger partial charge is 0.289 e. The highest BCUT2D eigenvalue weighted by molar-refractivity contribution is 9.11. The van der Waals surface area contributed by atoms with Crippen molar-refractivity contribution in [2.24, 2.45) is 0 Å². The van der Waals surface area contributed by atoms with E-state index in [0.717, 1.165) is 5.06 Å². The number of nitro benzene ring substituents is 1. The molecule has 0 spiro atoms. The van der Waals surface area contributed by atoms with E-state index in [9.17, 15) is 25.4 Å². The molecule has 2 aliphatic rings. The molecule has 8 nitrogen and oxygen atoms in total. The minimum Gasteiger partial charge on any atom is -0.289 e. The first-order valence-electron chi connectivity index (χ1n) is 5.88. The van der Waals surface area contributed by atoms with Gasteiger partial charge in [0.2, 0.25) is 0 Å². The number of nitrogens with zero attached hydrogens (tertiary/aromatic N) is 3. The van der Waals surface area contributed by atoms with Gasteiger partial charge in [0.15, 0.2) is 0 Å². The zero-order chi connectivity index (χ0) is 15.3. The third-order valence-corrected chi connectivity index (χ3v) is 4.11.